The van der Waals surface area contributed by atoms with E-state index in [4.69, 9.17) is 5.73 Å². The van der Waals surface area contributed by atoms with Crippen molar-refractivity contribution in [3.63, 3.8) is 0 Å². The highest BCUT2D eigenvalue weighted by Crippen LogP contribution is 2.43. The molecule has 3 aliphatic rings. The number of nitrogens with two attached hydrogens (primary N) is 1. The Bertz CT molecular complexity index is 1440. The van der Waals surface area contributed by atoms with Gasteiger partial charge in [0.2, 0.25) is 0 Å². The minimum absolute atomic E-state index is 0.0139. The minimum Gasteiger partial charge on any atom is -0.393 e. The molecule has 0 bridgehead atoms. The van der Waals surface area contributed by atoms with Gasteiger partial charge >= 0.3 is 6.18 Å². The third kappa shape index (κ3) is 3.99. The summed E-state index contributed by atoms with van der Waals surface area (Å²) in [5, 5.41) is 16.4. The van der Waals surface area contributed by atoms with Gasteiger partial charge in [0.25, 0.3) is 11.8 Å². The Balaban J connectivity index is 1.40. The molecule has 3 heterocycles. The number of nitrogens with one attached hydrogen (secondary N) is 1. The second-order valence-corrected chi connectivity index (χ2v) is 10.2. The number of halogens is 3. The van der Waals surface area contributed by atoms with Crippen molar-refractivity contribution in [2.75, 3.05) is 5.73 Å². The number of carbonyl (C=O) groups excluding carboxylic acids is 2. The molecule has 0 radical (unpaired) electrons. The molecule has 2 saturated carbocycles. The number of benzene rings is 1. The predicted molar refractivity (Wildman–Crippen MR) is 126 cm³/mol. The van der Waals surface area contributed by atoms with E-state index in [1.165, 1.54) is 21.7 Å². The van der Waals surface area contributed by atoms with Crippen LogP contribution >= 0.6 is 0 Å². The molecule has 0 spiro atoms. The first-order valence-corrected chi connectivity index (χ1v) is 12.2. The van der Waals surface area contributed by atoms with E-state index in [1.54, 1.807) is 6.07 Å². The molecule has 2 aliphatic carbocycles. The van der Waals surface area contributed by atoms with Crippen LogP contribution in [0, 0.1) is 5.92 Å². The summed E-state index contributed by atoms with van der Waals surface area (Å²) in [6.07, 6.45) is -0.942. The van der Waals surface area contributed by atoms with Crippen molar-refractivity contribution in [3.8, 4) is 11.3 Å². The Morgan fingerprint density at radius 3 is 2.65 bits per heavy atom. The van der Waals surface area contributed by atoms with E-state index < -0.39 is 29.7 Å². The zero-order valence-electron chi connectivity index (χ0n) is 19.9. The number of nitrogen functional groups attached to an aromatic ring is 1. The minimum atomic E-state index is -4.74. The van der Waals surface area contributed by atoms with E-state index in [2.05, 4.69) is 15.4 Å². The fourth-order valence-electron chi connectivity index (χ4n) is 5.30. The fourth-order valence-corrected chi connectivity index (χ4v) is 5.30. The standard InChI is InChI=1S/C25H25F3N6O3/c1-11(12-2-3-12)33-10-14-6-13(7-17(25(26,27)28)19(14)24(33)37)18-4-5-34-22(31-18)20(21(29)32-34)23(36)30-15-8-16(35)9-15/h4-7,11-12,15-16,35H,2-3,8-10H2,1H3,(H2,29,32)(H,30,36)/t11-,15-,16-/m0/s1. The monoisotopic (exact) mass is 514 g/mol. The number of alkyl halides is 3. The van der Waals surface area contributed by atoms with Gasteiger partial charge in [0.05, 0.1) is 22.9 Å². The van der Waals surface area contributed by atoms with Crippen LogP contribution in [-0.4, -0.2) is 54.6 Å². The number of hydrogen-bond donors (Lipinski definition) is 3. The molecule has 6 rings (SSSR count). The smallest absolute Gasteiger partial charge is 0.393 e. The number of aliphatic hydroxyl groups is 1. The van der Waals surface area contributed by atoms with Crippen LogP contribution in [0.2, 0.25) is 0 Å². The normalized spacial score (nSPS) is 22.2. The van der Waals surface area contributed by atoms with Crippen molar-refractivity contribution < 1.29 is 27.9 Å². The molecule has 9 nitrogen and oxygen atoms in total. The van der Waals surface area contributed by atoms with E-state index in [1.807, 2.05) is 6.92 Å². The van der Waals surface area contributed by atoms with Crippen molar-refractivity contribution in [2.24, 2.45) is 5.92 Å². The molecule has 2 aromatic heterocycles. The zero-order valence-corrected chi connectivity index (χ0v) is 19.9. The van der Waals surface area contributed by atoms with E-state index in [0.717, 1.165) is 18.9 Å². The molecule has 12 heteroatoms. The molecule has 194 valence electrons. The first-order valence-electron chi connectivity index (χ1n) is 12.2. The van der Waals surface area contributed by atoms with Gasteiger partial charge in [0, 0.05) is 30.4 Å². The van der Waals surface area contributed by atoms with Crippen LogP contribution in [-0.2, 0) is 12.7 Å². The number of anilines is 1. The molecular weight excluding hydrogens is 489 g/mol. The number of amides is 2. The molecular formula is C25H25F3N6O3. The van der Waals surface area contributed by atoms with Gasteiger partial charge in [-0.25, -0.2) is 9.50 Å². The number of fused-ring (bicyclic) bond motifs is 2. The number of aromatic nitrogens is 3. The zero-order chi connectivity index (χ0) is 26.2. The van der Waals surface area contributed by atoms with Crippen LogP contribution in [0.4, 0.5) is 19.0 Å². The third-order valence-corrected chi connectivity index (χ3v) is 7.62. The number of hydrogen-bond acceptors (Lipinski definition) is 6. The van der Waals surface area contributed by atoms with E-state index in [0.29, 0.717) is 24.3 Å². The maximum absolute atomic E-state index is 14.1. The van der Waals surface area contributed by atoms with Gasteiger partial charge in [-0.1, -0.05) is 0 Å². The summed E-state index contributed by atoms with van der Waals surface area (Å²) in [4.78, 5) is 31.9. The molecule has 0 saturated heterocycles. The van der Waals surface area contributed by atoms with Crippen LogP contribution in [0.3, 0.4) is 0 Å². The van der Waals surface area contributed by atoms with Crippen LogP contribution in [0.25, 0.3) is 16.9 Å². The fraction of sp³-hybridized carbons (Fsp3) is 0.440. The molecule has 2 amide bonds. The predicted octanol–water partition coefficient (Wildman–Crippen LogP) is 3.00. The van der Waals surface area contributed by atoms with Gasteiger partial charge in [0.1, 0.15) is 5.56 Å². The highest BCUT2D eigenvalue weighted by Gasteiger charge is 2.44. The summed E-state index contributed by atoms with van der Waals surface area (Å²) in [5.74, 6) is -0.868. The van der Waals surface area contributed by atoms with Crippen molar-refractivity contribution in [2.45, 2.75) is 63.5 Å². The molecule has 1 aromatic carbocycles. The number of carbonyl (C=O) groups is 2. The summed E-state index contributed by atoms with van der Waals surface area (Å²) < 4.78 is 43.7. The van der Waals surface area contributed by atoms with Gasteiger partial charge in [-0.05, 0) is 62.3 Å². The van der Waals surface area contributed by atoms with Gasteiger partial charge in [-0.3, -0.25) is 9.59 Å². The maximum atomic E-state index is 14.1. The van der Waals surface area contributed by atoms with Gasteiger partial charge in [-0.2, -0.15) is 13.2 Å². The van der Waals surface area contributed by atoms with Crippen LogP contribution in [0.1, 0.15) is 64.4 Å². The molecule has 1 aliphatic heterocycles. The van der Waals surface area contributed by atoms with E-state index >= 15 is 0 Å². The second-order valence-electron chi connectivity index (χ2n) is 10.2. The van der Waals surface area contributed by atoms with Crippen molar-refractivity contribution in [1.82, 2.24) is 24.8 Å². The number of aliphatic hydroxyl groups excluding tert-OH is 1. The second kappa shape index (κ2) is 8.17. The lowest BCUT2D eigenvalue weighted by Gasteiger charge is -2.31. The lowest BCUT2D eigenvalue weighted by atomic mass is 9.89. The topological polar surface area (TPSA) is 126 Å². The van der Waals surface area contributed by atoms with Crippen molar-refractivity contribution in [1.29, 1.82) is 0 Å². The molecule has 0 unspecified atom stereocenters. The first-order chi connectivity index (χ1) is 17.5. The summed E-state index contributed by atoms with van der Waals surface area (Å²) in [6, 6.07) is 3.66. The lowest BCUT2D eigenvalue weighted by Crippen LogP contribution is -2.46. The van der Waals surface area contributed by atoms with Crippen LogP contribution in [0.15, 0.2) is 24.4 Å². The lowest BCUT2D eigenvalue weighted by molar-refractivity contribution is -0.137. The highest BCUT2D eigenvalue weighted by atomic mass is 19.4. The molecule has 4 N–H and O–H groups in total. The van der Waals surface area contributed by atoms with Gasteiger partial charge in [0.15, 0.2) is 11.5 Å². The van der Waals surface area contributed by atoms with Crippen LogP contribution in [0.5, 0.6) is 0 Å². The maximum Gasteiger partial charge on any atom is 0.417 e. The molecule has 1 atom stereocenters. The third-order valence-electron chi connectivity index (χ3n) is 7.62. The summed E-state index contributed by atoms with van der Waals surface area (Å²) in [7, 11) is 0. The van der Waals surface area contributed by atoms with Gasteiger partial charge in [-0.15, -0.1) is 5.10 Å². The molecule has 37 heavy (non-hydrogen) atoms. The highest BCUT2D eigenvalue weighted by molar-refractivity contribution is 6.04. The average Bonchev–Trinajstić information content (AvgIpc) is 3.54. The van der Waals surface area contributed by atoms with Gasteiger partial charge < -0.3 is 21.1 Å². The van der Waals surface area contributed by atoms with Crippen molar-refractivity contribution >= 4 is 23.3 Å². The largest absolute Gasteiger partial charge is 0.417 e. The summed E-state index contributed by atoms with van der Waals surface area (Å²) >= 11 is 0. The van der Waals surface area contributed by atoms with Crippen molar-refractivity contribution in [3.05, 3.63) is 46.6 Å². The number of rotatable bonds is 5. The summed E-state index contributed by atoms with van der Waals surface area (Å²) in [6.45, 7) is 1.98. The van der Waals surface area contributed by atoms with E-state index in [9.17, 15) is 27.9 Å². The Morgan fingerprint density at radius 1 is 1.27 bits per heavy atom. The Kier molecular flexibility index (Phi) is 5.23. The average molecular weight is 515 g/mol. The Labute approximate surface area is 209 Å². The molecule has 2 fully saturated rings. The Hall–Kier alpha value is -3.67. The number of nitrogens with zero attached hydrogens (tertiary/aromatic N) is 4. The molecule has 3 aromatic rings. The quantitative estimate of drug-likeness (QED) is 0.481. The first kappa shape index (κ1) is 23.7. The Morgan fingerprint density at radius 2 is 2.00 bits per heavy atom. The summed E-state index contributed by atoms with van der Waals surface area (Å²) in [5.41, 5.74) is 5.46. The van der Waals surface area contributed by atoms with E-state index in [-0.39, 0.29) is 52.5 Å². The van der Waals surface area contributed by atoms with Crippen LogP contribution < -0.4 is 11.1 Å². The SMILES string of the molecule is C[C@@H](C1CC1)N1Cc2cc(-c3ccn4nc(N)c(C(=O)N[C@H]5C[C@H](O)C5)c4n3)cc(C(F)(F)F)c2C1=O.